The van der Waals surface area contributed by atoms with Crippen molar-refractivity contribution in [3.63, 3.8) is 0 Å². The maximum Gasteiger partial charge on any atom is 0.331 e. The maximum absolute atomic E-state index is 15.5. The molecule has 0 bridgehead atoms. The molecule has 0 aliphatic carbocycles. The number of guanidine groups is 1. The van der Waals surface area contributed by atoms with Crippen LogP contribution in [-0.4, -0.2) is 196 Å². The number of hydrogen-bond acceptors (Lipinski definition) is 19. The Labute approximate surface area is 538 Å². The van der Waals surface area contributed by atoms with Gasteiger partial charge in [0.1, 0.15) is 42.3 Å². The molecule has 1 aromatic rings. The molecule has 1 fully saturated rings. The van der Waals surface area contributed by atoms with Gasteiger partial charge in [-0.25, -0.2) is 4.79 Å². The standard InChI is InChI=1S/C61H105N15O16/c1-15-31(6)41-54(87)74-42(33(8)78)53(86)67-27-40(79)72-44(47(81)49(63)82)56(89)71-39(28-77)58(91)92-48(34-20-17-16-18-21-34)45(76-52(85)38(26-61(12,13)14)68-32(7)35(62)25-60(9,10)11)57(90)75-43(46(80)30(4)5)55(88)70-37(24-29(2)3)51(84)69-36(50(83)73-41)22-19-23-66-59(64)65/h16-18,20-21,29-33,35-39,41-48,68,77-78,80-81H,15,19,22-28,62H2,1-14H3,(H2,63,82)(H,67,86)(H,69,84)(H,70,88)(H,71,89)(H,72,79)(H,73,83)(H,74,87)(H,75,90)(H,76,85)(H4,64,65,66)/t31-,32?,33-,35-,36+,37-,38-,39-,41-,42-,43-,44-,45-,46+,47-,48+/m0/s1. The first kappa shape index (κ1) is 80.5. The molecule has 10 amide bonds. The van der Waals surface area contributed by atoms with Gasteiger partial charge in [0.15, 0.2) is 24.2 Å². The van der Waals surface area contributed by atoms with Crippen molar-refractivity contribution in [1.29, 1.82) is 5.41 Å². The maximum atomic E-state index is 15.5. The van der Waals surface area contributed by atoms with Crippen LogP contribution in [0.3, 0.4) is 0 Å². The predicted octanol–water partition coefficient (Wildman–Crippen LogP) is -3.58. The van der Waals surface area contributed by atoms with Gasteiger partial charge in [-0.05, 0) is 80.1 Å². The molecule has 1 aliphatic heterocycles. The summed E-state index contributed by atoms with van der Waals surface area (Å²) in [6, 6.07) is -9.87. The molecule has 520 valence electrons. The van der Waals surface area contributed by atoms with Gasteiger partial charge in [-0.3, -0.25) is 53.4 Å². The SMILES string of the molecule is CC[C@H](C)[C@@H]1NC(=O)[C@@H](CCCNC(=N)N)NC(=O)[C@H](CC(C)C)NC(=O)[C@H]([C@H](O)C(C)C)NC(=O)[C@@H](NC(=O)[C@H](CC(C)(C)C)NC(C)[C@@H](N)CC(C)(C)C)[C@@H](c2ccccc2)OC(=O)[C@H](CO)NC(=O)[C@H]([C@H](O)C(N)=O)NC(=O)CNC(=O)[C@H]([C@H](C)O)NC1=O. The van der Waals surface area contributed by atoms with E-state index in [-0.39, 0.29) is 55.5 Å². The van der Waals surface area contributed by atoms with Crippen LogP contribution in [0.5, 0.6) is 0 Å². The normalized spacial score (nSPS) is 25.1. The highest BCUT2D eigenvalue weighted by molar-refractivity contribution is 6.00. The number of nitrogens with one attached hydrogen (secondary N) is 12. The molecule has 22 N–H and O–H groups in total. The van der Waals surface area contributed by atoms with Gasteiger partial charge in [0.25, 0.3) is 0 Å². The van der Waals surface area contributed by atoms with Crippen LogP contribution in [0.1, 0.15) is 147 Å². The average molecular weight is 1300 g/mol. The van der Waals surface area contributed by atoms with Crippen LogP contribution in [0.15, 0.2) is 30.3 Å². The predicted molar refractivity (Wildman–Crippen MR) is 339 cm³/mol. The van der Waals surface area contributed by atoms with Crippen molar-refractivity contribution in [3.8, 4) is 0 Å². The molecule has 1 unspecified atom stereocenters. The first-order valence-corrected chi connectivity index (χ1v) is 31.1. The van der Waals surface area contributed by atoms with Crippen LogP contribution >= 0.6 is 0 Å². The van der Waals surface area contributed by atoms with E-state index in [1.54, 1.807) is 40.7 Å². The fourth-order valence-electron chi connectivity index (χ4n) is 9.84. The number of primary amides is 1. The zero-order chi connectivity index (χ0) is 70.3. The molecule has 1 heterocycles. The van der Waals surface area contributed by atoms with Crippen LogP contribution in [-0.2, 0) is 57.5 Å². The van der Waals surface area contributed by atoms with Gasteiger partial charge in [0, 0.05) is 18.6 Å². The Morgan fingerprint density at radius 3 is 1.74 bits per heavy atom. The van der Waals surface area contributed by atoms with Gasteiger partial charge >= 0.3 is 5.97 Å². The van der Waals surface area contributed by atoms with Gasteiger partial charge in [0.2, 0.25) is 59.1 Å². The number of rotatable bonds is 22. The number of benzene rings is 1. The second kappa shape index (κ2) is 37.2. The number of cyclic esters (lactones) is 1. The molecule has 1 saturated heterocycles. The van der Waals surface area contributed by atoms with Crippen molar-refractivity contribution in [2.75, 3.05) is 19.7 Å². The molecule has 0 aromatic heterocycles. The lowest BCUT2D eigenvalue weighted by Gasteiger charge is -2.35. The lowest BCUT2D eigenvalue weighted by molar-refractivity contribution is -0.159. The monoisotopic (exact) mass is 1300 g/mol. The van der Waals surface area contributed by atoms with Crippen molar-refractivity contribution in [2.45, 2.75) is 226 Å². The largest absolute Gasteiger partial charge is 0.453 e. The summed E-state index contributed by atoms with van der Waals surface area (Å²) in [5, 5.41) is 79.6. The molecular formula is C61H105N15O16. The Hall–Kier alpha value is -7.58. The molecule has 92 heavy (non-hydrogen) atoms. The number of amides is 10. The summed E-state index contributed by atoms with van der Waals surface area (Å²) in [5.41, 5.74) is 16.7. The van der Waals surface area contributed by atoms with E-state index in [0.29, 0.717) is 6.42 Å². The van der Waals surface area contributed by atoms with Crippen LogP contribution in [0.4, 0.5) is 0 Å². The number of hydrogen-bond donors (Lipinski definition) is 19. The van der Waals surface area contributed by atoms with E-state index in [0.717, 1.165) is 6.92 Å². The summed E-state index contributed by atoms with van der Waals surface area (Å²) in [7, 11) is 0. The number of esters is 1. The van der Waals surface area contributed by atoms with Crippen LogP contribution in [0.25, 0.3) is 0 Å². The van der Waals surface area contributed by atoms with Crippen molar-refractivity contribution < 1.29 is 77.9 Å². The van der Waals surface area contributed by atoms with Gasteiger partial charge in [-0.2, -0.15) is 0 Å². The first-order valence-electron chi connectivity index (χ1n) is 31.1. The number of ether oxygens (including phenoxy) is 1. The fourth-order valence-corrected chi connectivity index (χ4v) is 9.84. The number of carbonyl (C=O) groups excluding carboxylic acids is 11. The quantitative estimate of drug-likeness (QED) is 0.0231. The zero-order valence-electron chi connectivity index (χ0n) is 55.6. The Morgan fingerprint density at radius 2 is 1.22 bits per heavy atom. The molecule has 1 aliphatic rings. The summed E-state index contributed by atoms with van der Waals surface area (Å²) in [6.07, 6.45) is -7.34. The minimum atomic E-state index is -2.56. The molecular weight excluding hydrogens is 1200 g/mol. The Kier molecular flexibility index (Phi) is 32.6. The molecule has 0 spiro atoms. The molecule has 31 heteroatoms. The van der Waals surface area contributed by atoms with E-state index < -0.39 is 192 Å². The van der Waals surface area contributed by atoms with Crippen molar-refractivity contribution in [2.24, 2.45) is 45.8 Å². The van der Waals surface area contributed by atoms with E-state index in [1.807, 2.05) is 46.9 Å². The molecule has 0 radical (unpaired) electrons. The van der Waals surface area contributed by atoms with E-state index in [4.69, 9.17) is 27.3 Å². The molecule has 16 atom stereocenters. The zero-order valence-corrected chi connectivity index (χ0v) is 55.6. The number of carbonyl (C=O) groups is 11. The van der Waals surface area contributed by atoms with E-state index in [9.17, 15) is 63.6 Å². The van der Waals surface area contributed by atoms with Crippen LogP contribution < -0.4 is 75.7 Å². The number of aliphatic hydroxyl groups is 4. The van der Waals surface area contributed by atoms with Crippen molar-refractivity contribution in [1.82, 2.24) is 58.5 Å². The average Bonchev–Trinajstić information content (AvgIpc) is 0.845. The lowest BCUT2D eigenvalue weighted by Crippen LogP contribution is -2.64. The van der Waals surface area contributed by atoms with Crippen molar-refractivity contribution in [3.05, 3.63) is 35.9 Å². The number of nitrogens with two attached hydrogens (primary N) is 3. The minimum Gasteiger partial charge on any atom is -0.453 e. The van der Waals surface area contributed by atoms with Crippen LogP contribution in [0.2, 0.25) is 0 Å². The summed E-state index contributed by atoms with van der Waals surface area (Å²) >= 11 is 0. The molecule has 2 rings (SSSR count). The highest BCUT2D eigenvalue weighted by atomic mass is 16.5. The summed E-state index contributed by atoms with van der Waals surface area (Å²) in [5.74, 6) is -15.6. The third kappa shape index (κ3) is 26.9. The topological polar surface area (TPSA) is 512 Å². The second-order valence-corrected chi connectivity index (χ2v) is 26.9. The third-order valence-electron chi connectivity index (χ3n) is 15.2. The summed E-state index contributed by atoms with van der Waals surface area (Å²) in [4.78, 5) is 157. The molecule has 0 saturated carbocycles. The van der Waals surface area contributed by atoms with E-state index in [1.165, 1.54) is 38.1 Å². The van der Waals surface area contributed by atoms with Gasteiger partial charge in [-0.15, -0.1) is 0 Å². The Bertz CT molecular complexity index is 2670. The van der Waals surface area contributed by atoms with E-state index >= 15 is 9.59 Å². The number of aliphatic hydroxyl groups excluding tert-OH is 4. The second-order valence-electron chi connectivity index (χ2n) is 26.9. The Morgan fingerprint density at radius 1 is 0.685 bits per heavy atom. The summed E-state index contributed by atoms with van der Waals surface area (Å²) < 4.78 is 6.02. The highest BCUT2D eigenvalue weighted by Crippen LogP contribution is 2.27. The van der Waals surface area contributed by atoms with Gasteiger partial charge in [-0.1, -0.05) is 120 Å². The lowest BCUT2D eigenvalue weighted by atomic mass is 9.84. The van der Waals surface area contributed by atoms with Crippen LogP contribution in [0, 0.1) is 34.0 Å². The fraction of sp³-hybridized carbons (Fsp3) is 0.705. The molecule has 1 aromatic carbocycles. The Balaban J connectivity index is 3.15. The van der Waals surface area contributed by atoms with Gasteiger partial charge in [0.05, 0.1) is 31.4 Å². The first-order chi connectivity index (χ1) is 42.6. The summed E-state index contributed by atoms with van der Waals surface area (Å²) in [6.45, 7) is 21.8. The highest BCUT2D eigenvalue weighted by Gasteiger charge is 2.44. The molecule has 31 nitrogen and oxygen atoms in total. The smallest absolute Gasteiger partial charge is 0.331 e. The van der Waals surface area contributed by atoms with E-state index in [2.05, 4.69) is 53.2 Å². The third-order valence-corrected chi connectivity index (χ3v) is 15.2. The minimum absolute atomic E-state index is 0.0103. The van der Waals surface area contributed by atoms with Crippen molar-refractivity contribution >= 4 is 71.0 Å². The van der Waals surface area contributed by atoms with Gasteiger partial charge < -0.3 is 101 Å².